The van der Waals surface area contributed by atoms with Gasteiger partial charge in [-0.3, -0.25) is 4.79 Å². The molecule has 1 aliphatic rings. The molecule has 1 aliphatic carbocycles. The smallest absolute Gasteiger partial charge is 0.316 e. The minimum Gasteiger partial charge on any atom is -0.481 e. The number of nitrogens with two attached hydrogens (primary N) is 1. The lowest BCUT2D eigenvalue weighted by Crippen LogP contribution is -2.23. The van der Waals surface area contributed by atoms with Gasteiger partial charge in [0.05, 0.1) is 12.0 Å². The van der Waals surface area contributed by atoms with Gasteiger partial charge >= 0.3 is 5.97 Å². The first-order valence-corrected chi connectivity index (χ1v) is 7.63. The summed E-state index contributed by atoms with van der Waals surface area (Å²) >= 11 is 0. The van der Waals surface area contributed by atoms with Crippen molar-refractivity contribution in [1.82, 2.24) is 9.55 Å². The first-order valence-electron chi connectivity index (χ1n) is 7.63. The van der Waals surface area contributed by atoms with Crippen molar-refractivity contribution in [3.05, 3.63) is 48.0 Å². The molecule has 1 aromatic heterocycles. The van der Waals surface area contributed by atoms with Gasteiger partial charge in [0.15, 0.2) is 0 Å². The normalized spacial score (nSPS) is 22.4. The average molecular weight is 336 g/mol. The highest BCUT2D eigenvalue weighted by Gasteiger charge is 2.62. The molecule has 0 radical (unpaired) electrons. The van der Waals surface area contributed by atoms with E-state index in [0.29, 0.717) is 18.7 Å². The van der Waals surface area contributed by atoms with Crippen LogP contribution in [0.3, 0.4) is 0 Å². The molecule has 0 unspecified atom stereocenters. The Morgan fingerprint density at radius 3 is 2.74 bits per heavy atom. The van der Waals surface area contributed by atoms with E-state index >= 15 is 0 Å². The van der Waals surface area contributed by atoms with Gasteiger partial charge in [-0.2, -0.15) is 0 Å². The Morgan fingerprint density at radius 2 is 2.13 bits per heavy atom. The van der Waals surface area contributed by atoms with Crippen LogP contribution >= 0.6 is 12.4 Å². The molecule has 3 N–H and O–H groups in total. The van der Waals surface area contributed by atoms with Gasteiger partial charge in [-0.25, -0.2) is 4.98 Å². The molecular weight excluding hydrogens is 314 g/mol. The molecule has 5 nitrogen and oxygen atoms in total. The Hall–Kier alpha value is -1.85. The van der Waals surface area contributed by atoms with E-state index in [9.17, 15) is 9.90 Å². The number of halogens is 1. The molecule has 1 heterocycles. The molecular formula is C17H22ClN3O2. The van der Waals surface area contributed by atoms with Crippen molar-refractivity contribution in [3.63, 3.8) is 0 Å². The van der Waals surface area contributed by atoms with E-state index in [1.807, 2.05) is 42.0 Å². The van der Waals surface area contributed by atoms with Crippen molar-refractivity contribution in [2.75, 3.05) is 6.54 Å². The Labute approximate surface area is 141 Å². The summed E-state index contributed by atoms with van der Waals surface area (Å²) in [5.74, 6) is -0.626. The second-order valence-electron chi connectivity index (χ2n) is 6.11. The van der Waals surface area contributed by atoms with Crippen LogP contribution in [0.25, 0.3) is 5.69 Å². The van der Waals surface area contributed by atoms with Crippen molar-refractivity contribution in [1.29, 1.82) is 0 Å². The fourth-order valence-electron chi connectivity index (χ4n) is 3.14. The van der Waals surface area contributed by atoms with Crippen molar-refractivity contribution in [2.24, 2.45) is 11.7 Å². The number of carboxylic acids is 1. The SMILES string of the molecule is Cc1ccc(-n2cnc([C@@]3(C(=O)O)C[C@@H]3CCCN)c2)cc1.Cl. The molecule has 3 rings (SSSR count). The zero-order chi connectivity index (χ0) is 15.7. The summed E-state index contributed by atoms with van der Waals surface area (Å²) in [5.41, 5.74) is 7.55. The number of carbonyl (C=O) groups is 1. The van der Waals surface area contributed by atoms with Gasteiger partial charge in [0.25, 0.3) is 0 Å². The maximum Gasteiger partial charge on any atom is 0.316 e. The molecule has 124 valence electrons. The van der Waals surface area contributed by atoms with Gasteiger partial charge < -0.3 is 15.4 Å². The maximum absolute atomic E-state index is 11.8. The second kappa shape index (κ2) is 6.72. The highest BCUT2D eigenvalue weighted by Crippen LogP contribution is 2.56. The van der Waals surface area contributed by atoms with Crippen LogP contribution < -0.4 is 5.73 Å². The minimum atomic E-state index is -0.814. The number of rotatable bonds is 6. The minimum absolute atomic E-state index is 0. The Bertz CT molecular complexity index is 683. The largest absolute Gasteiger partial charge is 0.481 e. The first kappa shape index (κ1) is 17.5. The van der Waals surface area contributed by atoms with E-state index in [2.05, 4.69) is 4.98 Å². The monoisotopic (exact) mass is 335 g/mol. The number of benzene rings is 1. The molecule has 0 aliphatic heterocycles. The van der Waals surface area contributed by atoms with Gasteiger partial charge in [-0.05, 0) is 50.8 Å². The predicted octanol–water partition coefficient (Wildman–Crippen LogP) is 2.68. The van der Waals surface area contributed by atoms with E-state index in [0.717, 1.165) is 18.5 Å². The summed E-state index contributed by atoms with van der Waals surface area (Å²) in [6.07, 6.45) is 5.91. The number of imidazole rings is 1. The molecule has 23 heavy (non-hydrogen) atoms. The molecule has 1 aromatic carbocycles. The lowest BCUT2D eigenvalue weighted by molar-refractivity contribution is -0.140. The third-order valence-electron chi connectivity index (χ3n) is 4.62. The topological polar surface area (TPSA) is 81.1 Å². The van der Waals surface area contributed by atoms with Gasteiger partial charge in [-0.15, -0.1) is 12.4 Å². The quantitative estimate of drug-likeness (QED) is 0.850. The number of carboxylic acid groups (broad SMARTS) is 1. The van der Waals surface area contributed by atoms with Gasteiger partial charge in [-0.1, -0.05) is 17.7 Å². The number of nitrogens with zero attached hydrogens (tertiary/aromatic N) is 2. The zero-order valence-corrected chi connectivity index (χ0v) is 13.9. The van der Waals surface area contributed by atoms with Crippen LogP contribution in [-0.2, 0) is 10.2 Å². The fraction of sp³-hybridized carbons (Fsp3) is 0.412. The first-order chi connectivity index (χ1) is 10.6. The molecule has 0 spiro atoms. The van der Waals surface area contributed by atoms with Crippen molar-refractivity contribution in [2.45, 2.75) is 31.6 Å². The van der Waals surface area contributed by atoms with Crippen molar-refractivity contribution >= 4 is 18.4 Å². The number of aromatic nitrogens is 2. The lowest BCUT2D eigenvalue weighted by atomic mass is 9.98. The Balaban J connectivity index is 0.00000192. The predicted molar refractivity (Wildman–Crippen MR) is 91.3 cm³/mol. The molecule has 2 atom stereocenters. The van der Waals surface area contributed by atoms with Crippen LogP contribution in [-0.4, -0.2) is 27.2 Å². The van der Waals surface area contributed by atoms with Crippen LogP contribution in [0.4, 0.5) is 0 Å². The van der Waals surface area contributed by atoms with Crippen LogP contribution in [0.2, 0.25) is 0 Å². The molecule has 2 aromatic rings. The van der Waals surface area contributed by atoms with Crippen LogP contribution in [0.15, 0.2) is 36.8 Å². The summed E-state index contributed by atoms with van der Waals surface area (Å²) < 4.78 is 1.89. The third kappa shape index (κ3) is 3.12. The van der Waals surface area contributed by atoms with Gasteiger partial charge in [0.2, 0.25) is 0 Å². The van der Waals surface area contributed by atoms with Crippen LogP contribution in [0.5, 0.6) is 0 Å². The van der Waals surface area contributed by atoms with Crippen LogP contribution in [0, 0.1) is 12.8 Å². The Morgan fingerprint density at radius 1 is 1.43 bits per heavy atom. The van der Waals surface area contributed by atoms with E-state index in [1.54, 1.807) is 6.33 Å². The lowest BCUT2D eigenvalue weighted by Gasteiger charge is -2.09. The maximum atomic E-state index is 11.8. The summed E-state index contributed by atoms with van der Waals surface area (Å²) in [6.45, 7) is 2.64. The number of aliphatic carboxylic acids is 1. The number of hydrogen-bond acceptors (Lipinski definition) is 3. The summed E-state index contributed by atoms with van der Waals surface area (Å²) in [7, 11) is 0. The number of hydrogen-bond donors (Lipinski definition) is 2. The van der Waals surface area contributed by atoms with Gasteiger partial charge in [0, 0.05) is 11.9 Å². The highest BCUT2D eigenvalue weighted by molar-refractivity contribution is 5.85. The van der Waals surface area contributed by atoms with Gasteiger partial charge in [0.1, 0.15) is 5.41 Å². The summed E-state index contributed by atoms with van der Waals surface area (Å²) in [4.78, 5) is 16.1. The van der Waals surface area contributed by atoms with E-state index in [-0.39, 0.29) is 18.3 Å². The van der Waals surface area contributed by atoms with E-state index in [4.69, 9.17) is 5.73 Å². The zero-order valence-electron chi connectivity index (χ0n) is 13.1. The van der Waals surface area contributed by atoms with E-state index < -0.39 is 11.4 Å². The molecule has 0 amide bonds. The van der Waals surface area contributed by atoms with Crippen molar-refractivity contribution < 1.29 is 9.90 Å². The van der Waals surface area contributed by atoms with Crippen LogP contribution in [0.1, 0.15) is 30.5 Å². The molecule has 0 bridgehead atoms. The fourth-order valence-corrected chi connectivity index (χ4v) is 3.14. The molecule has 0 saturated heterocycles. The second-order valence-corrected chi connectivity index (χ2v) is 6.11. The average Bonchev–Trinajstić information content (AvgIpc) is 3.04. The molecule has 6 heteroatoms. The van der Waals surface area contributed by atoms with E-state index in [1.165, 1.54) is 5.56 Å². The highest BCUT2D eigenvalue weighted by atomic mass is 35.5. The summed E-state index contributed by atoms with van der Waals surface area (Å²) in [5, 5.41) is 9.66. The molecule has 1 saturated carbocycles. The Kier molecular flexibility index (Phi) is 5.12. The molecule has 1 fully saturated rings. The standard InChI is InChI=1S/C17H21N3O2.ClH/c1-12-4-6-14(7-5-12)20-10-15(19-11-20)17(16(21)22)9-13(17)3-2-8-18;/h4-7,10-11,13H,2-3,8-9,18H2,1H3,(H,21,22);1H/t13-,17+;/m0./s1. The summed E-state index contributed by atoms with van der Waals surface area (Å²) in [6, 6.07) is 8.08. The third-order valence-corrected chi connectivity index (χ3v) is 4.62. The number of aryl methyl sites for hydroxylation is 1. The van der Waals surface area contributed by atoms with Crippen molar-refractivity contribution in [3.8, 4) is 5.69 Å².